The van der Waals surface area contributed by atoms with Gasteiger partial charge in [-0.2, -0.15) is 5.10 Å². The normalized spacial score (nSPS) is 22.9. The van der Waals surface area contributed by atoms with Gasteiger partial charge in [0.2, 0.25) is 0 Å². The highest BCUT2D eigenvalue weighted by molar-refractivity contribution is 5.87. The Kier molecular flexibility index (Phi) is 8.06. The van der Waals surface area contributed by atoms with Crippen molar-refractivity contribution in [2.45, 2.75) is 56.9 Å². The van der Waals surface area contributed by atoms with E-state index < -0.39 is 0 Å². The lowest BCUT2D eigenvalue weighted by Gasteiger charge is -2.30. The molecule has 3 aliphatic rings. The van der Waals surface area contributed by atoms with Crippen LogP contribution >= 0.6 is 0 Å². The molecular weight excluding hydrogens is 504 g/mol. The molecule has 0 bridgehead atoms. The first-order valence-electron chi connectivity index (χ1n) is 14.7. The molecular formula is C30H40N8O2. The van der Waals surface area contributed by atoms with Crippen LogP contribution in [0.3, 0.4) is 0 Å². The van der Waals surface area contributed by atoms with Gasteiger partial charge in [-0.05, 0) is 76.9 Å². The number of ether oxygens (including phenoxy) is 1. The molecule has 1 aliphatic heterocycles. The molecule has 0 aromatic carbocycles. The molecule has 6 rings (SSSR count). The van der Waals surface area contributed by atoms with Gasteiger partial charge in [-0.3, -0.25) is 9.48 Å². The third-order valence-corrected chi connectivity index (χ3v) is 8.39. The van der Waals surface area contributed by atoms with Crippen molar-refractivity contribution in [3.05, 3.63) is 42.0 Å². The molecule has 212 valence electrons. The van der Waals surface area contributed by atoms with E-state index in [0.29, 0.717) is 41.5 Å². The number of carbonyl (C=O) groups excluding carboxylic acids is 1. The number of anilines is 3. The topological polar surface area (TPSA) is 110 Å². The maximum Gasteiger partial charge on any atom is 0.164 e. The second-order valence-electron chi connectivity index (χ2n) is 11.9. The third-order valence-electron chi connectivity index (χ3n) is 8.39. The molecule has 1 atom stereocenters. The largest absolute Gasteiger partial charge is 0.384 e. The van der Waals surface area contributed by atoms with Crippen LogP contribution in [-0.2, 0) is 4.74 Å². The Morgan fingerprint density at radius 2 is 1.90 bits per heavy atom. The van der Waals surface area contributed by atoms with Gasteiger partial charge in [0.1, 0.15) is 11.6 Å². The second kappa shape index (κ2) is 12.0. The second-order valence-corrected chi connectivity index (χ2v) is 11.9. The van der Waals surface area contributed by atoms with Crippen LogP contribution in [0.5, 0.6) is 0 Å². The van der Waals surface area contributed by atoms with Gasteiger partial charge >= 0.3 is 0 Å². The quantitative estimate of drug-likeness (QED) is 0.325. The summed E-state index contributed by atoms with van der Waals surface area (Å²) in [6, 6.07) is 4.05. The van der Waals surface area contributed by atoms with Crippen molar-refractivity contribution < 1.29 is 9.53 Å². The van der Waals surface area contributed by atoms with E-state index in [1.807, 2.05) is 23.0 Å². The molecule has 2 aliphatic carbocycles. The van der Waals surface area contributed by atoms with Gasteiger partial charge < -0.3 is 20.3 Å². The molecule has 1 saturated heterocycles. The number of hydrogen-bond donors (Lipinski definition) is 2. The standard InChI is InChI=1S/C30H40N8O2/c1-37(2)16-21-5-3-20(4-6-21)14-32-26-13-28(35-29(22-7-8-22)25(26)18-39)34-27-9-11-31-30(36-27)23-15-33-38(17-23)24-10-12-40-19-24/h9,11,13,15,17-18,20-22,24H,3-8,10,12,14,16,19H2,1-2H3,(H2,31,32,34,35,36). The zero-order valence-electron chi connectivity index (χ0n) is 23.6. The highest BCUT2D eigenvalue weighted by Gasteiger charge is 2.30. The number of nitrogens with zero attached hydrogens (tertiary/aromatic N) is 6. The Morgan fingerprint density at radius 1 is 1.07 bits per heavy atom. The minimum absolute atomic E-state index is 0.260. The molecule has 3 aromatic heterocycles. The molecule has 10 heteroatoms. The Hall–Kier alpha value is -3.37. The Balaban J connectivity index is 1.17. The number of pyridine rings is 1. The van der Waals surface area contributed by atoms with Gasteiger partial charge in [-0.25, -0.2) is 15.0 Å². The van der Waals surface area contributed by atoms with E-state index in [0.717, 1.165) is 61.6 Å². The summed E-state index contributed by atoms with van der Waals surface area (Å²) in [6.07, 6.45) is 14.6. The van der Waals surface area contributed by atoms with Crippen LogP contribution in [0, 0.1) is 11.8 Å². The molecule has 2 N–H and O–H groups in total. The fraction of sp³-hybridized carbons (Fsp3) is 0.567. The van der Waals surface area contributed by atoms with Crippen molar-refractivity contribution in [3.63, 3.8) is 0 Å². The number of rotatable bonds is 11. The SMILES string of the molecule is CN(C)CC1CCC(CNc2cc(Nc3ccnc(-c4cnn(C5CCOC5)c4)n3)nc(C3CC3)c2C=O)CC1. The summed E-state index contributed by atoms with van der Waals surface area (Å²) in [6.45, 7) is 3.49. The lowest BCUT2D eigenvalue weighted by atomic mass is 9.81. The smallest absolute Gasteiger partial charge is 0.164 e. The van der Waals surface area contributed by atoms with Gasteiger partial charge in [0.05, 0.1) is 41.4 Å². The van der Waals surface area contributed by atoms with Crippen LogP contribution < -0.4 is 10.6 Å². The fourth-order valence-electron chi connectivity index (χ4n) is 6.05. The van der Waals surface area contributed by atoms with Gasteiger partial charge in [-0.1, -0.05) is 0 Å². The molecule has 4 heterocycles. The van der Waals surface area contributed by atoms with Gasteiger partial charge in [0.15, 0.2) is 12.1 Å². The minimum Gasteiger partial charge on any atom is -0.384 e. The average molecular weight is 545 g/mol. The summed E-state index contributed by atoms with van der Waals surface area (Å²) in [7, 11) is 4.31. The van der Waals surface area contributed by atoms with Gasteiger partial charge in [-0.15, -0.1) is 0 Å². The molecule has 10 nitrogen and oxygen atoms in total. The highest BCUT2D eigenvalue weighted by atomic mass is 16.5. The highest BCUT2D eigenvalue weighted by Crippen LogP contribution is 2.43. The number of nitrogens with one attached hydrogen (secondary N) is 2. The average Bonchev–Trinajstić information content (AvgIpc) is 3.42. The van der Waals surface area contributed by atoms with E-state index >= 15 is 0 Å². The summed E-state index contributed by atoms with van der Waals surface area (Å²) < 4.78 is 7.44. The predicted molar refractivity (Wildman–Crippen MR) is 155 cm³/mol. The molecule has 2 saturated carbocycles. The van der Waals surface area contributed by atoms with Crippen LogP contribution in [0.25, 0.3) is 11.4 Å². The first kappa shape index (κ1) is 26.8. The van der Waals surface area contributed by atoms with Crippen molar-refractivity contribution in [3.8, 4) is 11.4 Å². The number of aromatic nitrogens is 5. The van der Waals surface area contributed by atoms with E-state index in [-0.39, 0.29) is 6.04 Å². The maximum absolute atomic E-state index is 12.2. The lowest BCUT2D eigenvalue weighted by molar-refractivity contribution is 0.112. The molecule has 0 amide bonds. The third kappa shape index (κ3) is 6.33. The van der Waals surface area contributed by atoms with E-state index in [1.165, 1.54) is 32.2 Å². The molecule has 3 aromatic rings. The first-order chi connectivity index (χ1) is 19.6. The fourth-order valence-corrected chi connectivity index (χ4v) is 6.05. The summed E-state index contributed by atoms with van der Waals surface area (Å²) in [5.74, 6) is 3.70. The van der Waals surface area contributed by atoms with E-state index in [9.17, 15) is 4.79 Å². The molecule has 0 spiro atoms. The zero-order valence-corrected chi connectivity index (χ0v) is 23.6. The van der Waals surface area contributed by atoms with Crippen LogP contribution in [0.1, 0.15) is 73.0 Å². The van der Waals surface area contributed by atoms with Crippen molar-refractivity contribution in [1.82, 2.24) is 29.6 Å². The van der Waals surface area contributed by atoms with Crippen LogP contribution in [0.2, 0.25) is 0 Å². The van der Waals surface area contributed by atoms with Gasteiger partial charge in [0, 0.05) is 44.1 Å². The molecule has 40 heavy (non-hydrogen) atoms. The number of hydrogen-bond acceptors (Lipinski definition) is 9. The van der Waals surface area contributed by atoms with Crippen molar-refractivity contribution >= 4 is 23.6 Å². The molecule has 0 radical (unpaired) electrons. The summed E-state index contributed by atoms with van der Waals surface area (Å²) in [5, 5.41) is 11.5. The number of aldehydes is 1. The van der Waals surface area contributed by atoms with Crippen molar-refractivity contribution in [2.24, 2.45) is 11.8 Å². The Bertz CT molecular complexity index is 1310. The minimum atomic E-state index is 0.260. The summed E-state index contributed by atoms with van der Waals surface area (Å²) >= 11 is 0. The number of carbonyl (C=O) groups is 1. The van der Waals surface area contributed by atoms with Crippen LogP contribution in [0.15, 0.2) is 30.7 Å². The maximum atomic E-state index is 12.2. The van der Waals surface area contributed by atoms with E-state index in [2.05, 4.69) is 39.7 Å². The van der Waals surface area contributed by atoms with Crippen LogP contribution in [-0.4, -0.2) is 76.3 Å². The van der Waals surface area contributed by atoms with Gasteiger partial charge in [0.25, 0.3) is 0 Å². The van der Waals surface area contributed by atoms with Crippen molar-refractivity contribution in [1.29, 1.82) is 0 Å². The molecule has 1 unspecified atom stereocenters. The van der Waals surface area contributed by atoms with E-state index in [4.69, 9.17) is 14.7 Å². The zero-order chi connectivity index (χ0) is 27.5. The summed E-state index contributed by atoms with van der Waals surface area (Å²) in [4.78, 5) is 28.6. The van der Waals surface area contributed by atoms with E-state index in [1.54, 1.807) is 12.4 Å². The predicted octanol–water partition coefficient (Wildman–Crippen LogP) is 4.91. The summed E-state index contributed by atoms with van der Waals surface area (Å²) in [5.41, 5.74) is 3.30. The molecule has 3 fully saturated rings. The first-order valence-corrected chi connectivity index (χ1v) is 14.7. The van der Waals surface area contributed by atoms with Crippen LogP contribution in [0.4, 0.5) is 17.3 Å². The Morgan fingerprint density at radius 3 is 2.62 bits per heavy atom. The Labute approximate surface area is 235 Å². The lowest BCUT2D eigenvalue weighted by Crippen LogP contribution is -2.28. The van der Waals surface area contributed by atoms with Crippen molar-refractivity contribution in [2.75, 3.05) is 51.0 Å². The monoisotopic (exact) mass is 544 g/mol.